The highest BCUT2D eigenvalue weighted by molar-refractivity contribution is 5.46. The Morgan fingerprint density at radius 1 is 1.39 bits per heavy atom. The van der Waals surface area contributed by atoms with Crippen molar-refractivity contribution >= 4 is 5.69 Å². The fraction of sp³-hybridized carbons (Fsp3) is 0.636. The average Bonchev–Trinajstić information content (AvgIpc) is 2.27. The van der Waals surface area contributed by atoms with E-state index in [0.29, 0.717) is 0 Å². The molecule has 1 N–H and O–H groups in total. The molecule has 0 fully saturated rings. The van der Waals surface area contributed by atoms with Crippen molar-refractivity contribution in [3.8, 4) is 5.88 Å². The summed E-state index contributed by atoms with van der Waals surface area (Å²) in [7, 11) is 1.31. The van der Waals surface area contributed by atoms with Gasteiger partial charge in [0.25, 0.3) is 5.88 Å². The number of rotatable bonds is 5. The molecule has 2 unspecified atom stereocenters. The summed E-state index contributed by atoms with van der Waals surface area (Å²) in [6, 6.07) is 0. The number of nitrogens with zero attached hydrogens (tertiary/aromatic N) is 3. The van der Waals surface area contributed by atoms with E-state index < -0.39 is 16.9 Å². The van der Waals surface area contributed by atoms with Crippen LogP contribution < -0.4 is 4.74 Å². The smallest absolute Gasteiger partial charge is 0.352 e. The van der Waals surface area contributed by atoms with Crippen LogP contribution in [-0.4, -0.2) is 33.2 Å². The van der Waals surface area contributed by atoms with Crippen LogP contribution in [0.2, 0.25) is 0 Å². The molecule has 0 aliphatic carbocycles. The van der Waals surface area contributed by atoms with Gasteiger partial charge >= 0.3 is 5.69 Å². The second-order valence-electron chi connectivity index (χ2n) is 4.38. The molecular formula is C11H17N3O4. The lowest BCUT2D eigenvalue weighted by molar-refractivity contribution is -0.387. The van der Waals surface area contributed by atoms with Gasteiger partial charge in [-0.25, -0.2) is 4.98 Å². The van der Waals surface area contributed by atoms with Gasteiger partial charge in [0.2, 0.25) is 0 Å². The van der Waals surface area contributed by atoms with Crippen molar-refractivity contribution in [2.45, 2.75) is 32.8 Å². The molecule has 100 valence electrons. The molecule has 7 nitrogen and oxygen atoms in total. The number of ether oxygens (including phenoxy) is 1. The van der Waals surface area contributed by atoms with Gasteiger partial charge in [0.1, 0.15) is 12.0 Å². The summed E-state index contributed by atoms with van der Waals surface area (Å²) in [5, 5.41) is 20.9. The summed E-state index contributed by atoms with van der Waals surface area (Å²) in [6.45, 7) is 5.33. The zero-order chi connectivity index (χ0) is 13.9. The Hall–Kier alpha value is -1.76. The SMILES string of the molecule is COc1ncnc(C(C(C)C)C(C)O)c1[N+](=O)[O-]. The molecule has 0 amide bonds. The minimum Gasteiger partial charge on any atom is -0.476 e. The van der Waals surface area contributed by atoms with E-state index in [1.807, 2.05) is 13.8 Å². The summed E-state index contributed by atoms with van der Waals surface area (Å²) in [6.07, 6.45) is 0.460. The molecule has 0 radical (unpaired) electrons. The van der Waals surface area contributed by atoms with Gasteiger partial charge < -0.3 is 9.84 Å². The molecule has 1 heterocycles. The minimum absolute atomic E-state index is 0.00306. The van der Waals surface area contributed by atoms with E-state index in [1.165, 1.54) is 13.4 Å². The normalized spacial score (nSPS) is 14.3. The van der Waals surface area contributed by atoms with Gasteiger partial charge in [0.05, 0.1) is 18.1 Å². The van der Waals surface area contributed by atoms with Gasteiger partial charge in [0.15, 0.2) is 0 Å². The maximum atomic E-state index is 11.1. The van der Waals surface area contributed by atoms with Crippen molar-refractivity contribution in [2.24, 2.45) is 5.92 Å². The van der Waals surface area contributed by atoms with Crippen molar-refractivity contribution in [3.63, 3.8) is 0 Å². The third kappa shape index (κ3) is 2.73. The number of methoxy groups -OCH3 is 1. The summed E-state index contributed by atoms with van der Waals surface area (Å²) in [5.74, 6) is -0.526. The van der Waals surface area contributed by atoms with Crippen LogP contribution in [0.4, 0.5) is 5.69 Å². The van der Waals surface area contributed by atoms with Crippen LogP contribution in [0.3, 0.4) is 0 Å². The lowest BCUT2D eigenvalue weighted by Crippen LogP contribution is -2.22. The number of hydrogen-bond donors (Lipinski definition) is 1. The second kappa shape index (κ2) is 5.72. The summed E-state index contributed by atoms with van der Waals surface area (Å²) < 4.78 is 4.88. The molecule has 0 saturated heterocycles. The van der Waals surface area contributed by atoms with Crippen LogP contribution in [0.1, 0.15) is 32.4 Å². The van der Waals surface area contributed by atoms with Crippen LogP contribution in [0.15, 0.2) is 6.33 Å². The molecule has 18 heavy (non-hydrogen) atoms. The fourth-order valence-corrected chi connectivity index (χ4v) is 2.04. The quantitative estimate of drug-likeness (QED) is 0.632. The third-order valence-electron chi connectivity index (χ3n) is 2.75. The van der Waals surface area contributed by atoms with Crippen LogP contribution in [0, 0.1) is 16.0 Å². The Balaban J connectivity index is 3.42. The minimum atomic E-state index is -0.747. The first-order valence-electron chi connectivity index (χ1n) is 5.61. The molecule has 2 atom stereocenters. The van der Waals surface area contributed by atoms with Crippen LogP contribution >= 0.6 is 0 Å². The molecule has 1 rings (SSSR count). The highest BCUT2D eigenvalue weighted by atomic mass is 16.6. The van der Waals surface area contributed by atoms with E-state index in [9.17, 15) is 15.2 Å². The molecule has 0 aliphatic heterocycles. The molecule has 0 saturated carbocycles. The van der Waals surface area contributed by atoms with E-state index in [-0.39, 0.29) is 23.2 Å². The van der Waals surface area contributed by atoms with E-state index >= 15 is 0 Å². The molecule has 0 spiro atoms. The Kier molecular flexibility index (Phi) is 4.55. The lowest BCUT2D eigenvalue weighted by atomic mass is 9.87. The summed E-state index contributed by atoms with van der Waals surface area (Å²) in [4.78, 5) is 18.2. The van der Waals surface area contributed by atoms with Crippen LogP contribution in [0.25, 0.3) is 0 Å². The predicted molar refractivity (Wildman–Crippen MR) is 64.5 cm³/mol. The monoisotopic (exact) mass is 255 g/mol. The lowest BCUT2D eigenvalue weighted by Gasteiger charge is -2.22. The molecule has 7 heteroatoms. The van der Waals surface area contributed by atoms with E-state index in [4.69, 9.17) is 4.74 Å². The topological polar surface area (TPSA) is 98.4 Å². The van der Waals surface area contributed by atoms with Gasteiger partial charge in [-0.05, 0) is 12.8 Å². The average molecular weight is 255 g/mol. The van der Waals surface area contributed by atoms with E-state index in [0.717, 1.165) is 0 Å². The Morgan fingerprint density at radius 2 is 2.00 bits per heavy atom. The van der Waals surface area contributed by atoms with Crippen LogP contribution in [0.5, 0.6) is 5.88 Å². The molecule has 1 aromatic heterocycles. The summed E-state index contributed by atoms with van der Waals surface area (Å²) in [5.41, 5.74) is -0.0727. The molecule has 0 aromatic carbocycles. The predicted octanol–water partition coefficient (Wildman–Crippen LogP) is 1.51. The fourth-order valence-electron chi connectivity index (χ4n) is 2.04. The highest BCUT2D eigenvalue weighted by Gasteiger charge is 2.33. The first-order chi connectivity index (χ1) is 8.40. The largest absolute Gasteiger partial charge is 0.476 e. The molecule has 0 aliphatic rings. The zero-order valence-corrected chi connectivity index (χ0v) is 10.8. The Labute approximate surface area is 105 Å². The number of hydrogen-bond acceptors (Lipinski definition) is 6. The Morgan fingerprint density at radius 3 is 2.39 bits per heavy atom. The van der Waals surface area contributed by atoms with Gasteiger partial charge in [-0.2, -0.15) is 4.98 Å². The Bertz CT molecular complexity index is 426. The van der Waals surface area contributed by atoms with Crippen molar-refractivity contribution in [3.05, 3.63) is 22.1 Å². The van der Waals surface area contributed by atoms with E-state index in [1.54, 1.807) is 6.92 Å². The van der Waals surface area contributed by atoms with Gasteiger partial charge in [-0.15, -0.1) is 0 Å². The first-order valence-corrected chi connectivity index (χ1v) is 5.61. The van der Waals surface area contributed by atoms with Gasteiger partial charge in [0, 0.05) is 5.92 Å². The number of aliphatic hydroxyl groups is 1. The van der Waals surface area contributed by atoms with E-state index in [2.05, 4.69) is 9.97 Å². The summed E-state index contributed by atoms with van der Waals surface area (Å²) >= 11 is 0. The second-order valence-corrected chi connectivity index (χ2v) is 4.38. The van der Waals surface area contributed by atoms with Crippen molar-refractivity contribution in [1.82, 2.24) is 9.97 Å². The zero-order valence-electron chi connectivity index (χ0n) is 10.8. The molecule has 1 aromatic rings. The standard InChI is InChI=1S/C11H17N3O4/c1-6(2)8(7(3)15)9-10(14(16)17)11(18-4)13-5-12-9/h5-8,15H,1-4H3. The van der Waals surface area contributed by atoms with Crippen LogP contribution in [-0.2, 0) is 0 Å². The maximum absolute atomic E-state index is 11.1. The number of aromatic nitrogens is 2. The van der Waals surface area contributed by atoms with Gasteiger partial charge in [-0.1, -0.05) is 13.8 Å². The van der Waals surface area contributed by atoms with Crippen molar-refractivity contribution < 1.29 is 14.8 Å². The highest BCUT2D eigenvalue weighted by Crippen LogP contribution is 2.36. The van der Waals surface area contributed by atoms with Gasteiger partial charge in [-0.3, -0.25) is 10.1 Å². The molecular weight excluding hydrogens is 238 g/mol. The number of aliphatic hydroxyl groups excluding tert-OH is 1. The van der Waals surface area contributed by atoms with Crippen molar-refractivity contribution in [2.75, 3.05) is 7.11 Å². The van der Waals surface area contributed by atoms with Crippen molar-refractivity contribution in [1.29, 1.82) is 0 Å². The third-order valence-corrected chi connectivity index (χ3v) is 2.75. The first kappa shape index (κ1) is 14.3. The maximum Gasteiger partial charge on any atom is 0.352 e. The number of nitro groups is 1. The molecule has 0 bridgehead atoms.